The van der Waals surface area contributed by atoms with Crippen molar-refractivity contribution in [2.75, 3.05) is 13.1 Å². The molecule has 1 aromatic heterocycles. The third-order valence-electron chi connectivity index (χ3n) is 4.26. The molecule has 2 N–H and O–H groups in total. The molecule has 1 aromatic carbocycles. The SMILES string of the molecule is CC(C)(O)c1ccc2nccc(C3CCNCC3)c2c1. The minimum absolute atomic E-state index is 0.596. The Kier molecular flexibility index (Phi) is 3.48. The molecule has 1 aliphatic rings. The van der Waals surface area contributed by atoms with E-state index < -0.39 is 5.60 Å². The first kappa shape index (κ1) is 13.5. The molecule has 2 heterocycles. The first-order chi connectivity index (χ1) is 9.55. The fraction of sp³-hybridized carbons (Fsp3) is 0.471. The van der Waals surface area contributed by atoms with Crippen LogP contribution in [0.4, 0.5) is 0 Å². The van der Waals surface area contributed by atoms with Crippen molar-refractivity contribution in [2.24, 2.45) is 0 Å². The number of aliphatic hydroxyl groups is 1. The van der Waals surface area contributed by atoms with Gasteiger partial charge in [-0.3, -0.25) is 4.98 Å². The largest absolute Gasteiger partial charge is 0.386 e. The Balaban J connectivity index is 2.11. The lowest BCUT2D eigenvalue weighted by atomic mass is 9.86. The van der Waals surface area contributed by atoms with Gasteiger partial charge in [-0.1, -0.05) is 6.07 Å². The predicted octanol–water partition coefficient (Wildman–Crippen LogP) is 2.93. The van der Waals surface area contributed by atoms with Gasteiger partial charge in [0.05, 0.1) is 11.1 Å². The maximum atomic E-state index is 10.2. The van der Waals surface area contributed by atoms with Gasteiger partial charge in [0.25, 0.3) is 0 Å². The highest BCUT2D eigenvalue weighted by Gasteiger charge is 2.20. The van der Waals surface area contributed by atoms with Crippen molar-refractivity contribution in [2.45, 2.75) is 38.2 Å². The Labute approximate surface area is 120 Å². The van der Waals surface area contributed by atoms with Crippen LogP contribution in [0, 0.1) is 0 Å². The summed E-state index contributed by atoms with van der Waals surface area (Å²) in [7, 11) is 0. The quantitative estimate of drug-likeness (QED) is 0.882. The van der Waals surface area contributed by atoms with Crippen molar-refractivity contribution < 1.29 is 5.11 Å². The number of fused-ring (bicyclic) bond motifs is 1. The number of nitrogens with one attached hydrogen (secondary N) is 1. The van der Waals surface area contributed by atoms with Gasteiger partial charge in [-0.05, 0) is 75.0 Å². The van der Waals surface area contributed by atoms with Crippen LogP contribution in [-0.2, 0) is 5.60 Å². The van der Waals surface area contributed by atoms with Crippen molar-refractivity contribution in [3.05, 3.63) is 41.6 Å². The summed E-state index contributed by atoms with van der Waals surface area (Å²) in [6.45, 7) is 5.82. The third kappa shape index (κ3) is 2.56. The van der Waals surface area contributed by atoms with E-state index in [0.29, 0.717) is 5.92 Å². The Hall–Kier alpha value is -1.45. The summed E-state index contributed by atoms with van der Waals surface area (Å²) < 4.78 is 0. The number of hydrogen-bond donors (Lipinski definition) is 2. The van der Waals surface area contributed by atoms with Gasteiger partial charge < -0.3 is 10.4 Å². The summed E-state index contributed by atoms with van der Waals surface area (Å²) in [6, 6.07) is 8.25. The smallest absolute Gasteiger partial charge is 0.0840 e. The van der Waals surface area contributed by atoms with Gasteiger partial charge in [-0.2, -0.15) is 0 Å². The first-order valence-corrected chi connectivity index (χ1v) is 7.38. The minimum atomic E-state index is -0.810. The topological polar surface area (TPSA) is 45.2 Å². The van der Waals surface area contributed by atoms with Crippen LogP contribution in [0.2, 0.25) is 0 Å². The highest BCUT2D eigenvalue weighted by atomic mass is 16.3. The Bertz CT molecular complexity index is 610. The Morgan fingerprint density at radius 1 is 1.20 bits per heavy atom. The highest BCUT2D eigenvalue weighted by molar-refractivity contribution is 5.83. The Morgan fingerprint density at radius 3 is 2.65 bits per heavy atom. The van der Waals surface area contributed by atoms with Gasteiger partial charge in [0.2, 0.25) is 0 Å². The van der Waals surface area contributed by atoms with Crippen molar-refractivity contribution in [1.29, 1.82) is 0 Å². The number of pyridine rings is 1. The van der Waals surface area contributed by atoms with Crippen molar-refractivity contribution >= 4 is 10.9 Å². The lowest BCUT2D eigenvalue weighted by molar-refractivity contribution is 0.0787. The molecule has 0 atom stereocenters. The van der Waals surface area contributed by atoms with E-state index in [1.54, 1.807) is 0 Å². The van der Waals surface area contributed by atoms with E-state index in [2.05, 4.69) is 22.4 Å². The molecule has 0 amide bonds. The summed E-state index contributed by atoms with van der Waals surface area (Å²) in [5, 5.41) is 14.8. The second-order valence-corrected chi connectivity index (χ2v) is 6.22. The van der Waals surface area contributed by atoms with Gasteiger partial charge in [0, 0.05) is 11.6 Å². The molecule has 3 rings (SSSR count). The van der Waals surface area contributed by atoms with E-state index >= 15 is 0 Å². The predicted molar refractivity (Wildman–Crippen MR) is 81.8 cm³/mol. The van der Waals surface area contributed by atoms with Crippen LogP contribution in [0.3, 0.4) is 0 Å². The van der Waals surface area contributed by atoms with Crippen LogP contribution < -0.4 is 5.32 Å². The van der Waals surface area contributed by atoms with E-state index in [4.69, 9.17) is 0 Å². The number of piperidine rings is 1. The number of benzene rings is 1. The molecule has 3 nitrogen and oxygen atoms in total. The molecule has 3 heteroatoms. The van der Waals surface area contributed by atoms with Crippen LogP contribution in [0.25, 0.3) is 10.9 Å². The molecule has 0 saturated carbocycles. The second-order valence-electron chi connectivity index (χ2n) is 6.22. The molecule has 1 fully saturated rings. The molecule has 1 aliphatic heterocycles. The molecule has 0 unspecified atom stereocenters. The zero-order valence-corrected chi connectivity index (χ0v) is 12.2. The number of nitrogens with zero attached hydrogens (tertiary/aromatic N) is 1. The molecule has 2 aromatic rings. The Morgan fingerprint density at radius 2 is 1.95 bits per heavy atom. The van der Waals surface area contributed by atoms with Gasteiger partial charge in [-0.15, -0.1) is 0 Å². The molecular weight excluding hydrogens is 248 g/mol. The summed E-state index contributed by atoms with van der Waals surface area (Å²) >= 11 is 0. The molecule has 1 saturated heterocycles. The highest BCUT2D eigenvalue weighted by Crippen LogP contribution is 2.32. The van der Waals surface area contributed by atoms with Gasteiger partial charge >= 0.3 is 0 Å². The monoisotopic (exact) mass is 270 g/mol. The number of hydrogen-bond acceptors (Lipinski definition) is 3. The average molecular weight is 270 g/mol. The molecule has 106 valence electrons. The molecule has 0 spiro atoms. The fourth-order valence-corrected chi connectivity index (χ4v) is 3.04. The van der Waals surface area contributed by atoms with Crippen LogP contribution in [-0.4, -0.2) is 23.2 Å². The van der Waals surface area contributed by atoms with Crippen LogP contribution in [0.5, 0.6) is 0 Å². The van der Waals surface area contributed by atoms with Crippen molar-refractivity contribution in [1.82, 2.24) is 10.3 Å². The molecule has 20 heavy (non-hydrogen) atoms. The average Bonchev–Trinajstić information content (AvgIpc) is 2.46. The zero-order chi connectivity index (χ0) is 14.2. The summed E-state index contributed by atoms with van der Waals surface area (Å²) in [5.41, 5.74) is 2.54. The maximum Gasteiger partial charge on any atom is 0.0840 e. The number of aromatic nitrogens is 1. The fourth-order valence-electron chi connectivity index (χ4n) is 3.04. The van der Waals surface area contributed by atoms with E-state index in [1.807, 2.05) is 32.2 Å². The zero-order valence-electron chi connectivity index (χ0n) is 12.2. The summed E-state index contributed by atoms with van der Waals surface area (Å²) in [4.78, 5) is 4.46. The second kappa shape index (κ2) is 5.15. The molecule has 0 radical (unpaired) electrons. The third-order valence-corrected chi connectivity index (χ3v) is 4.26. The standard InChI is InChI=1S/C17H22N2O/c1-17(2,20)13-3-4-16-15(11-13)14(7-10-19-16)12-5-8-18-9-6-12/h3-4,7,10-12,18,20H,5-6,8-9H2,1-2H3. The van der Waals surface area contributed by atoms with Crippen LogP contribution >= 0.6 is 0 Å². The van der Waals surface area contributed by atoms with E-state index in [0.717, 1.165) is 24.2 Å². The van der Waals surface area contributed by atoms with Gasteiger partial charge in [0.15, 0.2) is 0 Å². The summed E-state index contributed by atoms with van der Waals surface area (Å²) in [5.74, 6) is 0.596. The summed E-state index contributed by atoms with van der Waals surface area (Å²) in [6.07, 6.45) is 4.25. The first-order valence-electron chi connectivity index (χ1n) is 7.38. The lowest BCUT2D eigenvalue weighted by Gasteiger charge is -2.25. The lowest BCUT2D eigenvalue weighted by Crippen LogP contribution is -2.26. The van der Waals surface area contributed by atoms with Gasteiger partial charge in [-0.25, -0.2) is 0 Å². The molecule has 0 bridgehead atoms. The van der Waals surface area contributed by atoms with Crippen molar-refractivity contribution in [3.63, 3.8) is 0 Å². The van der Waals surface area contributed by atoms with Gasteiger partial charge in [0.1, 0.15) is 0 Å². The van der Waals surface area contributed by atoms with E-state index in [9.17, 15) is 5.11 Å². The molecule has 0 aliphatic carbocycles. The van der Waals surface area contributed by atoms with Crippen LogP contribution in [0.15, 0.2) is 30.5 Å². The van der Waals surface area contributed by atoms with Crippen molar-refractivity contribution in [3.8, 4) is 0 Å². The maximum absolute atomic E-state index is 10.2. The minimum Gasteiger partial charge on any atom is -0.386 e. The molecular formula is C17H22N2O. The van der Waals surface area contributed by atoms with E-state index in [-0.39, 0.29) is 0 Å². The van der Waals surface area contributed by atoms with E-state index in [1.165, 1.54) is 23.8 Å². The normalized spacial score (nSPS) is 17.6. The van der Waals surface area contributed by atoms with Crippen LogP contribution in [0.1, 0.15) is 43.7 Å². The number of rotatable bonds is 2.